The molecule has 0 amide bonds. The maximum Gasteiger partial charge on any atom is 0.0967 e. The SMILES string of the molecule is c1ccc(-c2c3c(nc4c2[nH]c2ccccc24)CCCC3)cc1. The third kappa shape index (κ3) is 1.91. The quantitative estimate of drug-likeness (QED) is 0.510. The van der Waals surface area contributed by atoms with E-state index in [2.05, 4.69) is 59.6 Å². The molecule has 0 fully saturated rings. The van der Waals surface area contributed by atoms with Gasteiger partial charge in [0.05, 0.1) is 11.0 Å². The van der Waals surface area contributed by atoms with Gasteiger partial charge in [0.2, 0.25) is 0 Å². The van der Waals surface area contributed by atoms with Crippen molar-refractivity contribution in [2.24, 2.45) is 0 Å². The van der Waals surface area contributed by atoms with Crippen molar-refractivity contribution in [1.82, 2.24) is 9.97 Å². The molecule has 0 unspecified atom stereocenters. The lowest BCUT2D eigenvalue weighted by Crippen LogP contribution is -2.07. The van der Waals surface area contributed by atoms with Gasteiger partial charge >= 0.3 is 0 Å². The maximum atomic E-state index is 5.06. The number of H-pyrrole nitrogens is 1. The molecule has 1 aliphatic rings. The summed E-state index contributed by atoms with van der Waals surface area (Å²) in [6, 6.07) is 19.3. The standard InChI is InChI=1S/C21H18N2/c1-2-8-14(9-3-1)19-15-10-4-6-12-17(15)22-20-16-11-5-7-13-18(16)23-21(19)20/h1-3,5,7-9,11,13,23H,4,6,10,12H2. The van der Waals surface area contributed by atoms with Crippen LogP contribution in [0.1, 0.15) is 24.1 Å². The summed E-state index contributed by atoms with van der Waals surface area (Å²) in [5.41, 5.74) is 8.90. The summed E-state index contributed by atoms with van der Waals surface area (Å²) in [5, 5.41) is 1.23. The molecule has 0 atom stereocenters. The first-order valence-electron chi connectivity index (χ1n) is 8.39. The second-order valence-electron chi connectivity index (χ2n) is 6.38. The summed E-state index contributed by atoms with van der Waals surface area (Å²) in [6.07, 6.45) is 4.75. The minimum absolute atomic E-state index is 1.10. The number of hydrogen-bond acceptors (Lipinski definition) is 1. The van der Waals surface area contributed by atoms with Gasteiger partial charge in [0.25, 0.3) is 0 Å². The number of hydrogen-bond donors (Lipinski definition) is 1. The highest BCUT2D eigenvalue weighted by Gasteiger charge is 2.21. The minimum atomic E-state index is 1.10. The fourth-order valence-corrected chi connectivity index (χ4v) is 3.92. The molecule has 23 heavy (non-hydrogen) atoms. The predicted octanol–water partition coefficient (Wildman–Crippen LogP) is 5.26. The number of nitrogens with zero attached hydrogens (tertiary/aromatic N) is 1. The van der Waals surface area contributed by atoms with E-state index in [1.807, 2.05) is 0 Å². The number of aromatic amines is 1. The molecule has 1 N–H and O–H groups in total. The summed E-state index contributed by atoms with van der Waals surface area (Å²) < 4.78 is 0. The second kappa shape index (κ2) is 4.95. The van der Waals surface area contributed by atoms with E-state index >= 15 is 0 Å². The molecule has 0 saturated heterocycles. The van der Waals surface area contributed by atoms with E-state index < -0.39 is 0 Å². The average Bonchev–Trinajstić information content (AvgIpc) is 2.98. The fourth-order valence-electron chi connectivity index (χ4n) is 3.92. The average molecular weight is 298 g/mol. The molecular weight excluding hydrogens is 280 g/mol. The highest BCUT2D eigenvalue weighted by atomic mass is 14.8. The van der Waals surface area contributed by atoms with Crippen LogP contribution in [0.4, 0.5) is 0 Å². The molecule has 0 radical (unpaired) electrons. The topological polar surface area (TPSA) is 28.7 Å². The van der Waals surface area contributed by atoms with Crippen molar-refractivity contribution in [3.63, 3.8) is 0 Å². The Bertz CT molecular complexity index is 1010. The summed E-state index contributed by atoms with van der Waals surface area (Å²) >= 11 is 0. The lowest BCUT2D eigenvalue weighted by atomic mass is 9.88. The molecule has 2 nitrogen and oxygen atoms in total. The Kier molecular flexibility index (Phi) is 2.77. The second-order valence-corrected chi connectivity index (χ2v) is 6.38. The largest absolute Gasteiger partial charge is 0.353 e. The number of nitrogens with one attached hydrogen (secondary N) is 1. The Labute approximate surface area is 135 Å². The third-order valence-corrected chi connectivity index (χ3v) is 4.98. The van der Waals surface area contributed by atoms with E-state index in [0.717, 1.165) is 18.4 Å². The molecule has 112 valence electrons. The zero-order chi connectivity index (χ0) is 15.2. The van der Waals surface area contributed by atoms with Gasteiger partial charge in [-0.2, -0.15) is 0 Å². The monoisotopic (exact) mass is 298 g/mol. The van der Waals surface area contributed by atoms with Crippen LogP contribution in [0.5, 0.6) is 0 Å². The molecule has 4 aromatic rings. The predicted molar refractivity (Wildman–Crippen MR) is 95.7 cm³/mol. The summed E-state index contributed by atoms with van der Waals surface area (Å²) in [6.45, 7) is 0. The van der Waals surface area contributed by atoms with Crippen LogP contribution >= 0.6 is 0 Å². The van der Waals surface area contributed by atoms with Crippen molar-refractivity contribution in [3.05, 3.63) is 65.9 Å². The van der Waals surface area contributed by atoms with Gasteiger partial charge in [-0.1, -0.05) is 48.5 Å². The zero-order valence-corrected chi connectivity index (χ0v) is 13.0. The number of aryl methyl sites for hydroxylation is 1. The van der Waals surface area contributed by atoms with Gasteiger partial charge in [0.1, 0.15) is 0 Å². The highest BCUT2D eigenvalue weighted by Crippen LogP contribution is 2.38. The molecule has 2 heteroatoms. The molecule has 0 aliphatic heterocycles. The van der Waals surface area contributed by atoms with Crippen molar-refractivity contribution >= 4 is 21.9 Å². The van der Waals surface area contributed by atoms with E-state index in [1.165, 1.54) is 51.6 Å². The molecule has 1 aliphatic carbocycles. The number of fused-ring (bicyclic) bond motifs is 4. The Morgan fingerprint density at radius 2 is 1.61 bits per heavy atom. The van der Waals surface area contributed by atoms with Crippen LogP contribution in [0.2, 0.25) is 0 Å². The molecule has 0 saturated carbocycles. The number of aromatic nitrogens is 2. The minimum Gasteiger partial charge on any atom is -0.353 e. The van der Waals surface area contributed by atoms with Crippen LogP contribution in [0, 0.1) is 0 Å². The Balaban J connectivity index is 1.96. The lowest BCUT2D eigenvalue weighted by molar-refractivity contribution is 0.672. The number of para-hydroxylation sites is 1. The summed E-state index contributed by atoms with van der Waals surface area (Å²) in [4.78, 5) is 8.69. The molecular formula is C21H18N2. The fraction of sp³-hybridized carbons (Fsp3) is 0.190. The molecule has 0 spiro atoms. The van der Waals surface area contributed by atoms with Crippen molar-refractivity contribution in [2.75, 3.05) is 0 Å². The van der Waals surface area contributed by atoms with Crippen molar-refractivity contribution in [3.8, 4) is 11.1 Å². The Morgan fingerprint density at radius 3 is 2.52 bits per heavy atom. The first-order chi connectivity index (χ1) is 11.4. The smallest absolute Gasteiger partial charge is 0.0967 e. The van der Waals surface area contributed by atoms with Crippen LogP contribution in [0.15, 0.2) is 54.6 Å². The van der Waals surface area contributed by atoms with Gasteiger partial charge in [0, 0.05) is 22.2 Å². The zero-order valence-electron chi connectivity index (χ0n) is 13.0. The van der Waals surface area contributed by atoms with E-state index in [0.29, 0.717) is 0 Å². The van der Waals surface area contributed by atoms with Crippen LogP contribution in [-0.4, -0.2) is 9.97 Å². The number of rotatable bonds is 1. The van der Waals surface area contributed by atoms with Crippen molar-refractivity contribution < 1.29 is 0 Å². The van der Waals surface area contributed by atoms with Crippen LogP contribution in [0.25, 0.3) is 33.1 Å². The van der Waals surface area contributed by atoms with Crippen molar-refractivity contribution in [1.29, 1.82) is 0 Å². The van der Waals surface area contributed by atoms with Gasteiger partial charge in [-0.3, -0.25) is 4.98 Å². The van der Waals surface area contributed by atoms with Crippen LogP contribution in [-0.2, 0) is 12.8 Å². The molecule has 2 aromatic carbocycles. The van der Waals surface area contributed by atoms with Gasteiger partial charge in [0.15, 0.2) is 0 Å². The van der Waals surface area contributed by atoms with Gasteiger partial charge in [-0.05, 0) is 42.9 Å². The third-order valence-electron chi connectivity index (χ3n) is 4.98. The first kappa shape index (κ1) is 12.9. The van der Waals surface area contributed by atoms with Crippen LogP contribution in [0.3, 0.4) is 0 Å². The number of pyridine rings is 1. The maximum absolute atomic E-state index is 5.06. The Morgan fingerprint density at radius 1 is 0.826 bits per heavy atom. The summed E-state index contributed by atoms with van der Waals surface area (Å²) in [7, 11) is 0. The normalized spacial score (nSPS) is 14.3. The van der Waals surface area contributed by atoms with Crippen molar-refractivity contribution in [2.45, 2.75) is 25.7 Å². The van der Waals surface area contributed by atoms with E-state index in [9.17, 15) is 0 Å². The molecule has 2 aromatic heterocycles. The molecule has 0 bridgehead atoms. The van der Waals surface area contributed by atoms with E-state index in [4.69, 9.17) is 4.98 Å². The first-order valence-corrected chi connectivity index (χ1v) is 8.39. The number of benzene rings is 2. The lowest BCUT2D eigenvalue weighted by Gasteiger charge is -2.19. The summed E-state index contributed by atoms with van der Waals surface area (Å²) in [5.74, 6) is 0. The van der Waals surface area contributed by atoms with E-state index in [1.54, 1.807) is 0 Å². The van der Waals surface area contributed by atoms with Gasteiger partial charge < -0.3 is 4.98 Å². The van der Waals surface area contributed by atoms with Gasteiger partial charge in [-0.15, -0.1) is 0 Å². The molecule has 2 heterocycles. The molecule has 5 rings (SSSR count). The van der Waals surface area contributed by atoms with Crippen LogP contribution < -0.4 is 0 Å². The Hall–Kier alpha value is -2.61. The highest BCUT2D eigenvalue weighted by molar-refractivity contribution is 6.10. The van der Waals surface area contributed by atoms with Gasteiger partial charge in [-0.25, -0.2) is 0 Å². The van der Waals surface area contributed by atoms with E-state index in [-0.39, 0.29) is 0 Å².